The largest absolute Gasteiger partial charge is 0.501 e. The van der Waals surface area contributed by atoms with Gasteiger partial charge in [-0.3, -0.25) is 0 Å². The van der Waals surface area contributed by atoms with Crippen LogP contribution in [0.25, 0.3) is 0 Å². The van der Waals surface area contributed by atoms with Crippen LogP contribution >= 0.6 is 0 Å². The van der Waals surface area contributed by atoms with E-state index in [2.05, 4.69) is 26.0 Å². The Labute approximate surface area is 140 Å². The first-order valence-electron chi connectivity index (χ1n) is 9.62. The van der Waals surface area contributed by atoms with Crippen molar-refractivity contribution in [2.75, 3.05) is 13.7 Å². The van der Waals surface area contributed by atoms with Crippen molar-refractivity contribution in [3.63, 3.8) is 0 Å². The van der Waals surface area contributed by atoms with Crippen molar-refractivity contribution in [1.29, 1.82) is 0 Å². The molecule has 1 spiro atoms. The fourth-order valence-corrected chi connectivity index (χ4v) is 7.11. The van der Waals surface area contributed by atoms with Gasteiger partial charge >= 0.3 is 0 Å². The van der Waals surface area contributed by atoms with Gasteiger partial charge in [0.05, 0.1) is 25.1 Å². The summed E-state index contributed by atoms with van der Waals surface area (Å²) in [5.74, 6) is 3.80. The van der Waals surface area contributed by atoms with Crippen LogP contribution in [0.2, 0.25) is 0 Å². The molecule has 0 unspecified atom stereocenters. The summed E-state index contributed by atoms with van der Waals surface area (Å²) in [5.41, 5.74) is 2.69. The second-order valence-electron chi connectivity index (χ2n) is 9.28. The van der Waals surface area contributed by atoms with E-state index in [1.54, 1.807) is 5.57 Å². The molecule has 0 aromatic rings. The molecular weight excluding hydrogens is 284 g/mol. The molecule has 3 fully saturated rings. The molecular formula is C21H30O2. The highest BCUT2D eigenvalue weighted by Crippen LogP contribution is 2.70. The van der Waals surface area contributed by atoms with Crippen LogP contribution in [-0.4, -0.2) is 19.3 Å². The topological polar surface area (TPSA) is 21.8 Å². The van der Waals surface area contributed by atoms with E-state index in [0.29, 0.717) is 10.8 Å². The predicted octanol–water partition coefficient (Wildman–Crippen LogP) is 4.86. The minimum absolute atomic E-state index is 0.281. The van der Waals surface area contributed by atoms with Crippen molar-refractivity contribution < 1.29 is 9.47 Å². The first kappa shape index (κ1) is 14.6. The highest BCUT2D eigenvalue weighted by Gasteiger charge is 2.69. The Bertz CT molecular complexity index is 599. The quantitative estimate of drug-likeness (QED) is 0.645. The molecule has 0 amide bonds. The van der Waals surface area contributed by atoms with Crippen LogP contribution in [0.3, 0.4) is 0 Å². The molecule has 1 saturated heterocycles. The SMILES string of the molecule is COC1=CC2=CC[C@H]3[C@H]4CC[C@@]5(CO5)[C@@]4(C)CC[C@@H]3[C@@]2(C)CC1. The van der Waals surface area contributed by atoms with E-state index in [-0.39, 0.29) is 5.60 Å². The van der Waals surface area contributed by atoms with Crippen molar-refractivity contribution in [2.45, 2.75) is 64.4 Å². The van der Waals surface area contributed by atoms with Gasteiger partial charge < -0.3 is 9.47 Å². The van der Waals surface area contributed by atoms with Crippen molar-refractivity contribution in [1.82, 2.24) is 0 Å². The average molecular weight is 314 g/mol. The van der Waals surface area contributed by atoms with Gasteiger partial charge in [0.1, 0.15) is 0 Å². The van der Waals surface area contributed by atoms with E-state index >= 15 is 0 Å². The van der Waals surface area contributed by atoms with Crippen LogP contribution in [0.4, 0.5) is 0 Å². The van der Waals surface area contributed by atoms with Gasteiger partial charge in [0.25, 0.3) is 0 Å². The first-order valence-corrected chi connectivity index (χ1v) is 9.62. The Morgan fingerprint density at radius 1 is 1.13 bits per heavy atom. The molecule has 5 aliphatic rings. The van der Waals surface area contributed by atoms with Gasteiger partial charge in [0, 0.05) is 11.8 Å². The number of ether oxygens (including phenoxy) is 2. The molecule has 5 rings (SSSR count). The van der Waals surface area contributed by atoms with Gasteiger partial charge in [-0.25, -0.2) is 0 Å². The summed E-state index contributed by atoms with van der Waals surface area (Å²) in [4.78, 5) is 0. The second-order valence-corrected chi connectivity index (χ2v) is 9.28. The Balaban J connectivity index is 1.51. The van der Waals surface area contributed by atoms with Crippen molar-refractivity contribution >= 4 is 0 Å². The highest BCUT2D eigenvalue weighted by atomic mass is 16.6. The monoisotopic (exact) mass is 314 g/mol. The normalized spacial score (nSPS) is 53.8. The average Bonchev–Trinajstić information content (AvgIpc) is 3.28. The summed E-state index contributed by atoms with van der Waals surface area (Å²) in [7, 11) is 1.82. The predicted molar refractivity (Wildman–Crippen MR) is 90.9 cm³/mol. The zero-order chi connectivity index (χ0) is 15.9. The lowest BCUT2D eigenvalue weighted by molar-refractivity contribution is -0.0446. The maximum Gasteiger partial charge on any atom is 0.0972 e. The zero-order valence-electron chi connectivity index (χ0n) is 14.9. The Morgan fingerprint density at radius 3 is 2.65 bits per heavy atom. The molecule has 0 bridgehead atoms. The first-order chi connectivity index (χ1) is 11.0. The molecule has 1 aliphatic heterocycles. The molecule has 2 heteroatoms. The molecule has 2 nitrogen and oxygen atoms in total. The maximum atomic E-state index is 6.03. The highest BCUT2D eigenvalue weighted by molar-refractivity contribution is 5.36. The van der Waals surface area contributed by atoms with E-state index in [9.17, 15) is 0 Å². The number of allylic oxidation sites excluding steroid dienone is 4. The van der Waals surface area contributed by atoms with Gasteiger partial charge in [-0.15, -0.1) is 0 Å². The third-order valence-corrected chi connectivity index (χ3v) is 8.78. The van der Waals surface area contributed by atoms with Crippen LogP contribution in [-0.2, 0) is 9.47 Å². The Morgan fingerprint density at radius 2 is 1.91 bits per heavy atom. The van der Waals surface area contributed by atoms with E-state index in [1.807, 2.05) is 7.11 Å². The molecule has 1 heterocycles. The summed E-state index contributed by atoms with van der Waals surface area (Å²) in [6, 6.07) is 0. The number of methoxy groups -OCH3 is 1. The Hall–Kier alpha value is -0.760. The maximum absolute atomic E-state index is 6.03. The molecule has 126 valence electrons. The second kappa shape index (κ2) is 4.45. The fourth-order valence-electron chi connectivity index (χ4n) is 7.11. The smallest absolute Gasteiger partial charge is 0.0972 e. The molecule has 0 aromatic heterocycles. The number of hydrogen-bond acceptors (Lipinski definition) is 2. The molecule has 4 aliphatic carbocycles. The molecule has 6 atom stereocenters. The van der Waals surface area contributed by atoms with E-state index < -0.39 is 0 Å². The summed E-state index contributed by atoms with van der Waals surface area (Å²) >= 11 is 0. The molecule has 0 radical (unpaired) electrons. The minimum atomic E-state index is 0.281. The van der Waals surface area contributed by atoms with Crippen molar-refractivity contribution in [3.05, 3.63) is 23.5 Å². The summed E-state index contributed by atoms with van der Waals surface area (Å²) in [6.07, 6.45) is 14.1. The van der Waals surface area contributed by atoms with E-state index in [1.165, 1.54) is 44.3 Å². The van der Waals surface area contributed by atoms with Crippen molar-refractivity contribution in [3.8, 4) is 0 Å². The van der Waals surface area contributed by atoms with Crippen LogP contribution in [0.15, 0.2) is 23.5 Å². The van der Waals surface area contributed by atoms with Gasteiger partial charge in [0.2, 0.25) is 0 Å². The molecule has 23 heavy (non-hydrogen) atoms. The molecule has 2 saturated carbocycles. The van der Waals surface area contributed by atoms with E-state index in [4.69, 9.17) is 9.47 Å². The van der Waals surface area contributed by atoms with Gasteiger partial charge in [-0.2, -0.15) is 0 Å². The third kappa shape index (κ3) is 1.69. The van der Waals surface area contributed by atoms with Crippen LogP contribution in [0.1, 0.15) is 58.8 Å². The van der Waals surface area contributed by atoms with Crippen LogP contribution in [0.5, 0.6) is 0 Å². The summed E-state index contributed by atoms with van der Waals surface area (Å²) in [6.45, 7) is 6.13. The number of hydrogen-bond donors (Lipinski definition) is 0. The van der Waals surface area contributed by atoms with E-state index in [0.717, 1.165) is 30.8 Å². The Kier molecular flexibility index (Phi) is 2.82. The number of fused-ring (bicyclic) bond motifs is 6. The lowest BCUT2D eigenvalue weighted by Gasteiger charge is -2.56. The fraction of sp³-hybridized carbons (Fsp3) is 0.810. The van der Waals surface area contributed by atoms with Crippen LogP contribution < -0.4 is 0 Å². The van der Waals surface area contributed by atoms with Gasteiger partial charge in [-0.1, -0.05) is 19.9 Å². The van der Waals surface area contributed by atoms with Gasteiger partial charge in [-0.05, 0) is 73.3 Å². The standard InChI is InChI=1S/C21H30O2/c1-19-9-6-15(22-3)12-14(19)4-5-16-17(19)7-10-20(2)18(16)8-11-21(20)13-23-21/h4,12,16-18H,5-11,13H2,1-3H3/t16-,17+,18-,19+,20+,21-/m1/s1. The molecule has 0 N–H and O–H groups in total. The number of epoxide rings is 1. The lowest BCUT2D eigenvalue weighted by Crippen LogP contribution is -2.50. The lowest BCUT2D eigenvalue weighted by atomic mass is 9.48. The number of rotatable bonds is 1. The van der Waals surface area contributed by atoms with Crippen LogP contribution in [0, 0.1) is 28.6 Å². The summed E-state index contributed by atoms with van der Waals surface area (Å²) in [5, 5.41) is 0. The molecule has 0 aromatic carbocycles. The third-order valence-electron chi connectivity index (χ3n) is 8.78. The minimum Gasteiger partial charge on any atom is -0.501 e. The van der Waals surface area contributed by atoms with Gasteiger partial charge in [0.15, 0.2) is 0 Å². The van der Waals surface area contributed by atoms with Crippen molar-refractivity contribution in [2.24, 2.45) is 28.6 Å². The summed E-state index contributed by atoms with van der Waals surface area (Å²) < 4.78 is 11.6. The zero-order valence-corrected chi connectivity index (χ0v) is 14.9.